The van der Waals surface area contributed by atoms with Crippen molar-refractivity contribution in [1.29, 1.82) is 0 Å². The molecule has 0 saturated heterocycles. The Kier molecular flexibility index (Phi) is 5.82. The lowest BCUT2D eigenvalue weighted by Crippen LogP contribution is -2.98. The van der Waals surface area contributed by atoms with E-state index in [1.807, 2.05) is 6.08 Å². The van der Waals surface area contributed by atoms with E-state index in [4.69, 9.17) is 0 Å². The van der Waals surface area contributed by atoms with Gasteiger partial charge in [-0.25, -0.2) is 8.78 Å². The fourth-order valence-electron chi connectivity index (χ4n) is 2.91. The van der Waals surface area contributed by atoms with E-state index >= 15 is 0 Å². The third-order valence-corrected chi connectivity index (χ3v) is 4.86. The molecule has 0 aromatic rings. The maximum absolute atomic E-state index is 14.2. The van der Waals surface area contributed by atoms with Gasteiger partial charge in [-0.15, -0.1) is 6.58 Å². The number of hydrogen-bond acceptors (Lipinski definition) is 0. The minimum absolute atomic E-state index is 1.08. The maximum Gasteiger partial charge on any atom is 0.382 e. The van der Waals surface area contributed by atoms with E-state index < -0.39 is 58.7 Å². The molecule has 0 radical (unpaired) electrons. The minimum atomic E-state index is -8.64. The number of allylic oxidation sites excluding steroid dienone is 1. The van der Waals surface area contributed by atoms with Gasteiger partial charge in [-0.3, -0.25) is 0 Å². The van der Waals surface area contributed by atoms with Crippen molar-refractivity contribution in [3.63, 3.8) is 0 Å². The Morgan fingerprint density at radius 3 is 0.625 bits per heavy atom. The maximum atomic E-state index is 14.2. The predicted octanol–water partition coefficient (Wildman–Crippen LogP) is 7.10. The summed E-state index contributed by atoms with van der Waals surface area (Å²) in [6, 6.07) is 0. The van der Waals surface area contributed by atoms with Crippen LogP contribution in [0.4, 0.5) is 79.0 Å². The average molecular weight is 518 g/mol. The van der Waals surface area contributed by atoms with Crippen molar-refractivity contribution >= 4 is 0 Å². The topological polar surface area (TPSA) is 0 Å². The molecule has 2 saturated carbocycles. The third-order valence-electron chi connectivity index (χ3n) is 4.86. The zero-order chi connectivity index (χ0) is 26.4. The summed E-state index contributed by atoms with van der Waals surface area (Å²) in [6.07, 6.45) is 2.96. The average Bonchev–Trinajstić information content (AvgIpc) is 2.63. The Hall–Kier alpha value is -1.52. The summed E-state index contributed by atoms with van der Waals surface area (Å²) in [5.41, 5.74) is -17.3. The molecule has 0 aliphatic heterocycles. The fraction of sp³-hybridized carbons (Fsp3) is 0.857. The van der Waals surface area contributed by atoms with E-state index in [9.17, 15) is 79.0 Å². The van der Waals surface area contributed by atoms with Crippen LogP contribution in [0.15, 0.2) is 12.7 Å². The number of fused-ring (bicyclic) bond motifs is 1. The summed E-state index contributed by atoms with van der Waals surface area (Å²) in [5, 5.41) is 0. The van der Waals surface area contributed by atoms with Crippen molar-refractivity contribution in [3.8, 4) is 0 Å². The number of halogens is 18. The molecule has 0 N–H and O–H groups in total. The van der Waals surface area contributed by atoms with Crippen LogP contribution in [0.2, 0.25) is 0 Å². The molecule has 0 atom stereocenters. The van der Waals surface area contributed by atoms with E-state index in [0.717, 1.165) is 6.42 Å². The third kappa shape index (κ3) is 2.22. The first-order valence-corrected chi connectivity index (χ1v) is 7.68. The van der Waals surface area contributed by atoms with Gasteiger partial charge in [0.1, 0.15) is 0 Å². The second-order valence-electron chi connectivity index (χ2n) is 6.61. The van der Waals surface area contributed by atoms with Gasteiger partial charge in [0.15, 0.2) is 0 Å². The van der Waals surface area contributed by atoms with Gasteiger partial charge in [0.05, 0.1) is 0 Å². The molecule has 18 heteroatoms. The normalized spacial score (nSPS) is 38.5. The van der Waals surface area contributed by atoms with Gasteiger partial charge in [0.2, 0.25) is 0 Å². The zero-order valence-corrected chi connectivity index (χ0v) is 14.8. The van der Waals surface area contributed by atoms with Crippen molar-refractivity contribution in [3.05, 3.63) is 12.7 Å². The highest BCUT2D eigenvalue weighted by molar-refractivity contribution is 5.42. The van der Waals surface area contributed by atoms with Crippen LogP contribution < -0.4 is 0 Å². The van der Waals surface area contributed by atoms with Gasteiger partial charge >= 0.3 is 47.4 Å². The van der Waals surface area contributed by atoms with Crippen LogP contribution in [0, 0.1) is 0 Å². The Bertz CT molecular complexity index is 650. The molecule has 0 spiro atoms. The van der Waals surface area contributed by atoms with Crippen molar-refractivity contribution < 1.29 is 79.0 Å². The fourth-order valence-corrected chi connectivity index (χ4v) is 2.91. The van der Waals surface area contributed by atoms with Crippen LogP contribution in [-0.4, -0.2) is 58.7 Å². The molecule has 0 aromatic heterocycles. The molecule has 2 rings (SSSR count). The van der Waals surface area contributed by atoms with Crippen molar-refractivity contribution in [2.75, 3.05) is 0 Å². The Balaban J connectivity index is 0.00000118. The summed E-state index contributed by atoms with van der Waals surface area (Å²) in [6.45, 7) is 5.54. The quantitative estimate of drug-likeness (QED) is 0.257. The van der Waals surface area contributed by atoms with Gasteiger partial charge in [-0.2, -0.15) is 70.2 Å². The van der Waals surface area contributed by atoms with Gasteiger partial charge in [0, 0.05) is 0 Å². The molecule has 2 fully saturated rings. The molecule has 190 valence electrons. The van der Waals surface area contributed by atoms with Crippen molar-refractivity contribution in [2.24, 2.45) is 0 Å². The molecule has 32 heavy (non-hydrogen) atoms. The SMILES string of the molecule is C=CCC.FC1(F)C(F)(F)C(F)(F)C2(F)C(F)(F)C(F)(F)C(F)(F)C(F)(F)C2(F)C1(F)F. The van der Waals surface area contributed by atoms with E-state index in [-0.39, 0.29) is 0 Å². The largest absolute Gasteiger partial charge is 0.382 e. The summed E-state index contributed by atoms with van der Waals surface area (Å²) < 4.78 is 241. The van der Waals surface area contributed by atoms with Crippen molar-refractivity contribution in [2.45, 2.75) is 72.1 Å². The Morgan fingerprint density at radius 2 is 0.531 bits per heavy atom. The van der Waals surface area contributed by atoms with Gasteiger partial charge in [0.25, 0.3) is 11.3 Å². The molecule has 0 unspecified atom stereocenters. The first kappa shape index (κ1) is 28.5. The summed E-state index contributed by atoms with van der Waals surface area (Å²) in [4.78, 5) is 0. The highest BCUT2D eigenvalue weighted by atomic mass is 19.4. The van der Waals surface area contributed by atoms with Crippen LogP contribution in [0.3, 0.4) is 0 Å². The number of alkyl halides is 18. The molecule has 0 aromatic carbocycles. The molecular formula is C14H8F18. The van der Waals surface area contributed by atoms with Gasteiger partial charge < -0.3 is 0 Å². The lowest BCUT2D eigenvalue weighted by atomic mass is 9.54. The van der Waals surface area contributed by atoms with Crippen LogP contribution in [-0.2, 0) is 0 Å². The molecule has 0 amide bonds. The van der Waals surface area contributed by atoms with E-state index in [1.54, 1.807) is 0 Å². The van der Waals surface area contributed by atoms with Gasteiger partial charge in [-0.1, -0.05) is 13.0 Å². The zero-order valence-electron chi connectivity index (χ0n) is 14.8. The lowest BCUT2D eigenvalue weighted by molar-refractivity contribution is -0.560. The smallest absolute Gasteiger partial charge is 0.226 e. The minimum Gasteiger partial charge on any atom is -0.226 e. The summed E-state index contributed by atoms with van der Waals surface area (Å²) in [5.74, 6) is -66.8. The summed E-state index contributed by atoms with van der Waals surface area (Å²) in [7, 11) is 0. The number of hydrogen-bond donors (Lipinski definition) is 0. The van der Waals surface area contributed by atoms with E-state index in [1.165, 1.54) is 0 Å². The van der Waals surface area contributed by atoms with Gasteiger partial charge in [-0.05, 0) is 6.42 Å². The molecule has 0 nitrogen and oxygen atoms in total. The van der Waals surface area contributed by atoms with Crippen LogP contribution in [0.1, 0.15) is 13.3 Å². The van der Waals surface area contributed by atoms with Crippen LogP contribution in [0.25, 0.3) is 0 Å². The lowest BCUT2D eigenvalue weighted by Gasteiger charge is -2.63. The van der Waals surface area contributed by atoms with Crippen LogP contribution in [0.5, 0.6) is 0 Å². The predicted molar refractivity (Wildman–Crippen MR) is 67.7 cm³/mol. The Labute approximate surface area is 165 Å². The number of rotatable bonds is 1. The van der Waals surface area contributed by atoms with Crippen LogP contribution >= 0.6 is 0 Å². The molecular weight excluding hydrogens is 510 g/mol. The first-order chi connectivity index (χ1) is 13.7. The highest BCUT2D eigenvalue weighted by Gasteiger charge is 3.15. The highest BCUT2D eigenvalue weighted by Crippen LogP contribution is 2.81. The van der Waals surface area contributed by atoms with E-state index in [0.29, 0.717) is 0 Å². The first-order valence-electron chi connectivity index (χ1n) is 7.68. The molecule has 2 aliphatic carbocycles. The standard InChI is InChI=1S/C10F18.C4H8/c11-1-2(12,5(17,18)9(25,26)7(21,22)3(1,13)14)6(19,20)10(27,28)8(23,24)4(1,15)16;1-3-4-2/h;3H,1,4H2,2H3. The van der Waals surface area contributed by atoms with Crippen molar-refractivity contribution in [1.82, 2.24) is 0 Å². The molecule has 2 aliphatic rings. The second kappa shape index (κ2) is 6.54. The Morgan fingerprint density at radius 1 is 0.406 bits per heavy atom. The molecule has 0 bridgehead atoms. The second-order valence-corrected chi connectivity index (χ2v) is 6.61. The van der Waals surface area contributed by atoms with E-state index in [2.05, 4.69) is 13.5 Å². The molecule has 0 heterocycles. The summed E-state index contributed by atoms with van der Waals surface area (Å²) >= 11 is 0. The monoisotopic (exact) mass is 518 g/mol.